The van der Waals surface area contributed by atoms with Gasteiger partial charge in [-0.3, -0.25) is 9.59 Å². The summed E-state index contributed by atoms with van der Waals surface area (Å²) in [5.41, 5.74) is 8.75. The molecule has 0 spiro atoms. The van der Waals surface area contributed by atoms with Crippen molar-refractivity contribution in [3.05, 3.63) is 29.5 Å². The molecule has 0 aliphatic carbocycles. The highest BCUT2D eigenvalue weighted by molar-refractivity contribution is 5.91. The number of aromatic nitrogens is 1. The molecule has 184 valence electrons. The average Bonchev–Trinajstić information content (AvgIpc) is 3.03. The van der Waals surface area contributed by atoms with Gasteiger partial charge in [0.15, 0.2) is 0 Å². The van der Waals surface area contributed by atoms with Gasteiger partial charge in [-0.25, -0.2) is 0 Å². The maximum Gasteiger partial charge on any atom is 0.305 e. The van der Waals surface area contributed by atoms with Crippen LogP contribution in [-0.4, -0.2) is 29.7 Å². The minimum atomic E-state index is -0.329. The van der Waals surface area contributed by atoms with Crippen LogP contribution in [0.1, 0.15) is 89.3 Å². The van der Waals surface area contributed by atoms with Crippen molar-refractivity contribution < 1.29 is 19.1 Å². The lowest BCUT2D eigenvalue weighted by Crippen LogP contribution is -2.14. The minimum absolute atomic E-state index is 0.200. The molecule has 2 aromatic rings. The van der Waals surface area contributed by atoms with E-state index in [9.17, 15) is 9.59 Å². The van der Waals surface area contributed by atoms with Crippen LogP contribution in [0.3, 0.4) is 0 Å². The fourth-order valence-corrected chi connectivity index (χ4v) is 4.35. The zero-order valence-electron chi connectivity index (χ0n) is 20.8. The monoisotopic (exact) mass is 458 g/mol. The summed E-state index contributed by atoms with van der Waals surface area (Å²) < 4.78 is 13.1. The molecule has 6 heteroatoms. The van der Waals surface area contributed by atoms with E-state index in [1.807, 2.05) is 12.1 Å². The number of hydrogen-bond donors (Lipinski definition) is 1. The fourth-order valence-electron chi connectivity index (χ4n) is 4.35. The summed E-state index contributed by atoms with van der Waals surface area (Å²) >= 11 is 0. The molecule has 1 heterocycles. The second kappa shape index (κ2) is 14.6. The van der Waals surface area contributed by atoms with Crippen LogP contribution in [0.4, 0.5) is 0 Å². The number of carbonyl (C=O) groups excluding carboxylic acids is 2. The van der Waals surface area contributed by atoms with Gasteiger partial charge in [-0.05, 0) is 50.5 Å². The number of carbonyl (C=O) groups is 2. The molecule has 1 amide bonds. The minimum Gasteiger partial charge on any atom is -0.494 e. The number of ether oxygens (including phenoxy) is 2. The Balaban J connectivity index is 2.01. The van der Waals surface area contributed by atoms with Gasteiger partial charge in [-0.1, -0.05) is 51.9 Å². The van der Waals surface area contributed by atoms with Gasteiger partial charge < -0.3 is 19.8 Å². The van der Waals surface area contributed by atoms with Gasteiger partial charge in [0.05, 0.1) is 19.6 Å². The summed E-state index contributed by atoms with van der Waals surface area (Å²) in [5, 5.41) is 1.02. The molecule has 2 N–H and O–H groups in total. The molecule has 0 radical (unpaired) electrons. The van der Waals surface area contributed by atoms with Crippen molar-refractivity contribution in [2.75, 3.05) is 13.2 Å². The van der Waals surface area contributed by atoms with Crippen molar-refractivity contribution in [1.29, 1.82) is 0 Å². The molecule has 0 aliphatic rings. The molecule has 1 aromatic carbocycles. The number of benzene rings is 1. The predicted molar refractivity (Wildman–Crippen MR) is 134 cm³/mol. The Labute approximate surface area is 198 Å². The summed E-state index contributed by atoms with van der Waals surface area (Å²) in [6.07, 6.45) is 11.4. The molecule has 0 saturated carbocycles. The number of fused-ring (bicyclic) bond motifs is 1. The van der Waals surface area contributed by atoms with E-state index in [0.717, 1.165) is 40.9 Å². The van der Waals surface area contributed by atoms with Gasteiger partial charge in [0.2, 0.25) is 5.91 Å². The number of nitrogens with zero attached hydrogens (tertiary/aromatic N) is 1. The summed E-state index contributed by atoms with van der Waals surface area (Å²) in [6.45, 7) is 7.90. The Bertz CT molecular complexity index is 888. The lowest BCUT2D eigenvalue weighted by atomic mass is 10.1. The van der Waals surface area contributed by atoms with Gasteiger partial charge in [-0.15, -0.1) is 0 Å². The molecule has 0 unspecified atom stereocenters. The number of unbranched alkanes of at least 4 members (excludes halogenated alkanes) is 7. The summed E-state index contributed by atoms with van der Waals surface area (Å²) in [4.78, 5) is 23.2. The summed E-state index contributed by atoms with van der Waals surface area (Å²) in [7, 11) is 0. The lowest BCUT2D eigenvalue weighted by Gasteiger charge is -2.10. The van der Waals surface area contributed by atoms with E-state index >= 15 is 0 Å². The third kappa shape index (κ3) is 8.75. The quantitative estimate of drug-likeness (QED) is 0.238. The zero-order chi connectivity index (χ0) is 24.1. The van der Waals surface area contributed by atoms with Crippen LogP contribution in [0.25, 0.3) is 10.9 Å². The number of esters is 1. The Hall–Kier alpha value is -2.50. The Morgan fingerprint density at radius 2 is 1.67 bits per heavy atom. The Morgan fingerprint density at radius 1 is 0.970 bits per heavy atom. The van der Waals surface area contributed by atoms with Crippen molar-refractivity contribution in [3.63, 3.8) is 0 Å². The number of amides is 1. The van der Waals surface area contributed by atoms with Crippen LogP contribution >= 0.6 is 0 Å². The van der Waals surface area contributed by atoms with E-state index in [-0.39, 0.29) is 18.3 Å². The molecular formula is C27H42N2O4. The van der Waals surface area contributed by atoms with Crippen molar-refractivity contribution in [2.24, 2.45) is 5.73 Å². The smallest absolute Gasteiger partial charge is 0.305 e. The van der Waals surface area contributed by atoms with Crippen LogP contribution < -0.4 is 10.5 Å². The van der Waals surface area contributed by atoms with Crippen LogP contribution in [0.15, 0.2) is 18.2 Å². The molecule has 2 rings (SSSR count). The maximum atomic E-state index is 11.7. The highest BCUT2D eigenvalue weighted by Gasteiger charge is 2.16. The van der Waals surface area contributed by atoms with Crippen molar-refractivity contribution in [3.8, 4) is 5.75 Å². The Morgan fingerprint density at radius 3 is 2.33 bits per heavy atom. The second-order valence-corrected chi connectivity index (χ2v) is 8.77. The van der Waals surface area contributed by atoms with Gasteiger partial charge in [0.1, 0.15) is 5.75 Å². The second-order valence-electron chi connectivity index (χ2n) is 8.77. The predicted octanol–water partition coefficient (Wildman–Crippen LogP) is 5.84. The van der Waals surface area contributed by atoms with E-state index in [1.54, 1.807) is 6.92 Å². The van der Waals surface area contributed by atoms with Gasteiger partial charge in [0.25, 0.3) is 0 Å². The first kappa shape index (κ1) is 26.7. The normalized spacial score (nSPS) is 11.1. The first-order valence-electron chi connectivity index (χ1n) is 12.7. The molecule has 1 aromatic heterocycles. The van der Waals surface area contributed by atoms with Crippen molar-refractivity contribution in [2.45, 2.75) is 97.9 Å². The SMILES string of the molecule is CCCCCCCCCCn1c(C)c(CC(N)=O)c2cc(OCCCC(=O)OCC)ccc21. The molecule has 0 bridgehead atoms. The van der Waals surface area contributed by atoms with E-state index < -0.39 is 0 Å². The number of hydrogen-bond acceptors (Lipinski definition) is 4. The van der Waals surface area contributed by atoms with Crippen LogP contribution in [0, 0.1) is 6.92 Å². The molecule has 0 saturated heterocycles. The third-order valence-corrected chi connectivity index (χ3v) is 6.11. The molecule has 33 heavy (non-hydrogen) atoms. The van der Waals surface area contributed by atoms with Crippen molar-refractivity contribution in [1.82, 2.24) is 4.57 Å². The standard InChI is InChI=1S/C27H42N2O4/c1-4-6-7-8-9-10-11-12-17-29-21(3)23(20-26(28)30)24-19-22(15-16-25(24)29)33-18-13-14-27(31)32-5-2/h15-16,19H,4-14,17-18,20H2,1-3H3,(H2,28,30). The molecule has 0 aliphatic heterocycles. The van der Waals surface area contributed by atoms with E-state index in [2.05, 4.69) is 24.5 Å². The van der Waals surface area contributed by atoms with Gasteiger partial charge >= 0.3 is 5.97 Å². The number of nitrogens with two attached hydrogens (primary N) is 1. The average molecular weight is 459 g/mol. The molecule has 6 nitrogen and oxygen atoms in total. The summed E-state index contributed by atoms with van der Waals surface area (Å²) in [6, 6.07) is 6.03. The maximum absolute atomic E-state index is 11.7. The van der Waals surface area contributed by atoms with Gasteiger partial charge in [-0.2, -0.15) is 0 Å². The van der Waals surface area contributed by atoms with E-state index in [1.165, 1.54) is 44.9 Å². The fraction of sp³-hybridized carbons (Fsp3) is 0.630. The largest absolute Gasteiger partial charge is 0.494 e. The van der Waals surface area contributed by atoms with Crippen LogP contribution in [-0.2, 0) is 27.3 Å². The first-order valence-corrected chi connectivity index (χ1v) is 12.7. The lowest BCUT2D eigenvalue weighted by molar-refractivity contribution is -0.143. The Kier molecular flexibility index (Phi) is 11.8. The van der Waals surface area contributed by atoms with E-state index in [0.29, 0.717) is 26.1 Å². The topological polar surface area (TPSA) is 83.5 Å². The zero-order valence-corrected chi connectivity index (χ0v) is 20.8. The summed E-state index contributed by atoms with van der Waals surface area (Å²) in [5.74, 6) is 0.209. The molecule has 0 atom stereocenters. The number of aryl methyl sites for hydroxylation is 1. The van der Waals surface area contributed by atoms with Crippen molar-refractivity contribution >= 4 is 22.8 Å². The highest BCUT2D eigenvalue weighted by atomic mass is 16.5. The van der Waals surface area contributed by atoms with Crippen LogP contribution in [0.2, 0.25) is 0 Å². The third-order valence-electron chi connectivity index (χ3n) is 6.11. The highest BCUT2D eigenvalue weighted by Crippen LogP contribution is 2.30. The molecule has 0 fully saturated rings. The first-order chi connectivity index (χ1) is 16.0. The van der Waals surface area contributed by atoms with E-state index in [4.69, 9.17) is 15.2 Å². The number of primary amides is 1. The van der Waals surface area contributed by atoms with Crippen LogP contribution in [0.5, 0.6) is 5.75 Å². The molecular weight excluding hydrogens is 416 g/mol. The number of rotatable bonds is 17. The van der Waals surface area contributed by atoms with Gasteiger partial charge in [0, 0.05) is 29.6 Å².